The lowest BCUT2D eigenvalue weighted by atomic mass is 10.1. The SMILES string of the molecule is O=C(Cc1ccccc1)N=Nc1c(O)n(CCOc2ccc(Cl)cc2)c2ccccc12. The molecule has 0 saturated heterocycles. The number of rotatable bonds is 7. The molecular formula is C24H20ClN3O3. The van der Waals surface area contributed by atoms with Crippen LogP contribution < -0.4 is 4.74 Å². The normalized spacial score (nSPS) is 11.3. The van der Waals surface area contributed by atoms with E-state index in [1.54, 1.807) is 28.8 Å². The Morgan fingerprint density at radius 2 is 1.68 bits per heavy atom. The number of hydrogen-bond donors (Lipinski definition) is 1. The Balaban J connectivity index is 1.52. The van der Waals surface area contributed by atoms with E-state index in [0.29, 0.717) is 29.3 Å². The van der Waals surface area contributed by atoms with Gasteiger partial charge in [0, 0.05) is 10.4 Å². The number of hydrogen-bond acceptors (Lipinski definition) is 4. The van der Waals surface area contributed by atoms with Crippen LogP contribution in [0.2, 0.25) is 5.02 Å². The molecule has 0 spiro atoms. The van der Waals surface area contributed by atoms with E-state index in [2.05, 4.69) is 10.2 Å². The molecule has 31 heavy (non-hydrogen) atoms. The summed E-state index contributed by atoms with van der Waals surface area (Å²) in [7, 11) is 0. The summed E-state index contributed by atoms with van der Waals surface area (Å²) in [5.41, 5.74) is 1.91. The Bertz CT molecular complexity index is 1220. The molecule has 1 amide bonds. The molecule has 156 valence electrons. The molecule has 0 aliphatic heterocycles. The zero-order valence-electron chi connectivity index (χ0n) is 16.6. The van der Waals surface area contributed by atoms with E-state index in [1.165, 1.54) is 0 Å². The Kier molecular flexibility index (Phi) is 6.29. The number of para-hydroxylation sites is 1. The maximum Gasteiger partial charge on any atom is 0.269 e. The van der Waals surface area contributed by atoms with Crippen LogP contribution in [0.3, 0.4) is 0 Å². The molecule has 1 N–H and O–H groups in total. The van der Waals surface area contributed by atoms with Gasteiger partial charge in [-0.1, -0.05) is 60.1 Å². The van der Waals surface area contributed by atoms with Crippen molar-refractivity contribution in [2.45, 2.75) is 13.0 Å². The van der Waals surface area contributed by atoms with E-state index in [4.69, 9.17) is 16.3 Å². The van der Waals surface area contributed by atoms with Gasteiger partial charge in [0.05, 0.1) is 18.5 Å². The Hall–Kier alpha value is -3.64. The van der Waals surface area contributed by atoms with Gasteiger partial charge in [0.25, 0.3) is 5.91 Å². The van der Waals surface area contributed by atoms with Gasteiger partial charge >= 0.3 is 0 Å². The highest BCUT2D eigenvalue weighted by Crippen LogP contribution is 2.38. The molecule has 0 radical (unpaired) electrons. The molecule has 0 saturated carbocycles. The molecule has 3 aromatic carbocycles. The molecule has 1 aromatic heterocycles. The highest BCUT2D eigenvalue weighted by molar-refractivity contribution is 6.30. The topological polar surface area (TPSA) is 76.2 Å². The lowest BCUT2D eigenvalue weighted by Crippen LogP contribution is -2.07. The van der Waals surface area contributed by atoms with Crippen molar-refractivity contribution in [1.82, 2.24) is 4.57 Å². The van der Waals surface area contributed by atoms with E-state index in [0.717, 1.165) is 11.1 Å². The first-order chi connectivity index (χ1) is 15.1. The number of carbonyl (C=O) groups excluding carboxylic acids is 1. The molecule has 7 heteroatoms. The highest BCUT2D eigenvalue weighted by atomic mass is 35.5. The number of aromatic nitrogens is 1. The average molecular weight is 434 g/mol. The predicted octanol–water partition coefficient (Wildman–Crippen LogP) is 5.93. The van der Waals surface area contributed by atoms with E-state index >= 15 is 0 Å². The van der Waals surface area contributed by atoms with Crippen LogP contribution in [0.15, 0.2) is 89.1 Å². The maximum atomic E-state index is 12.2. The molecule has 0 aliphatic rings. The average Bonchev–Trinajstić information content (AvgIpc) is 3.05. The molecule has 6 nitrogen and oxygen atoms in total. The fraction of sp³-hybridized carbons (Fsp3) is 0.125. The van der Waals surface area contributed by atoms with Crippen LogP contribution in [-0.2, 0) is 17.8 Å². The smallest absolute Gasteiger partial charge is 0.269 e. The van der Waals surface area contributed by atoms with Crippen molar-refractivity contribution in [3.63, 3.8) is 0 Å². The van der Waals surface area contributed by atoms with Crippen LogP contribution in [0.5, 0.6) is 11.6 Å². The monoisotopic (exact) mass is 433 g/mol. The molecule has 4 rings (SSSR count). The third-order valence-electron chi connectivity index (χ3n) is 4.77. The predicted molar refractivity (Wildman–Crippen MR) is 120 cm³/mol. The van der Waals surface area contributed by atoms with E-state index in [-0.39, 0.29) is 23.9 Å². The molecule has 0 aliphatic carbocycles. The zero-order chi connectivity index (χ0) is 21.6. The number of amides is 1. The van der Waals surface area contributed by atoms with Crippen molar-refractivity contribution in [3.8, 4) is 11.6 Å². The van der Waals surface area contributed by atoms with Crippen molar-refractivity contribution in [1.29, 1.82) is 0 Å². The first-order valence-corrected chi connectivity index (χ1v) is 10.2. The summed E-state index contributed by atoms with van der Waals surface area (Å²) in [5, 5.41) is 20.0. The van der Waals surface area contributed by atoms with Gasteiger partial charge in [-0.15, -0.1) is 10.2 Å². The fourth-order valence-corrected chi connectivity index (χ4v) is 3.42. The maximum absolute atomic E-state index is 12.2. The Morgan fingerprint density at radius 1 is 0.968 bits per heavy atom. The summed E-state index contributed by atoms with van der Waals surface area (Å²) in [6.07, 6.45) is 0.151. The minimum absolute atomic E-state index is 0.0582. The van der Waals surface area contributed by atoms with Crippen LogP contribution in [0.25, 0.3) is 10.9 Å². The van der Waals surface area contributed by atoms with Crippen molar-refractivity contribution in [3.05, 3.63) is 89.4 Å². The van der Waals surface area contributed by atoms with E-state index in [1.807, 2.05) is 54.6 Å². The van der Waals surface area contributed by atoms with Crippen molar-refractivity contribution in [2.75, 3.05) is 6.61 Å². The molecule has 1 heterocycles. The molecule has 0 bridgehead atoms. The first-order valence-electron chi connectivity index (χ1n) is 9.79. The molecular weight excluding hydrogens is 414 g/mol. The number of carbonyl (C=O) groups is 1. The largest absolute Gasteiger partial charge is 0.493 e. The summed E-state index contributed by atoms with van der Waals surface area (Å²) < 4.78 is 7.44. The highest BCUT2D eigenvalue weighted by Gasteiger charge is 2.16. The summed E-state index contributed by atoms with van der Waals surface area (Å²) >= 11 is 5.89. The molecule has 0 atom stereocenters. The summed E-state index contributed by atoms with van der Waals surface area (Å²) in [6, 6.07) is 23.9. The van der Waals surface area contributed by atoms with Gasteiger partial charge in [0.15, 0.2) is 5.69 Å². The van der Waals surface area contributed by atoms with Crippen LogP contribution in [-0.4, -0.2) is 22.2 Å². The third-order valence-corrected chi connectivity index (χ3v) is 5.03. The van der Waals surface area contributed by atoms with Gasteiger partial charge in [0.2, 0.25) is 5.88 Å². The van der Waals surface area contributed by atoms with Gasteiger partial charge in [0.1, 0.15) is 12.4 Å². The second-order valence-corrected chi connectivity index (χ2v) is 7.34. The standard InChI is InChI=1S/C24H20ClN3O3/c25-18-10-12-19(13-11-18)31-15-14-28-21-9-5-4-8-20(21)23(24(28)30)27-26-22(29)16-17-6-2-1-3-7-17/h1-13,30H,14-16H2. The van der Waals surface area contributed by atoms with Gasteiger partial charge < -0.3 is 14.4 Å². The number of benzene rings is 3. The van der Waals surface area contributed by atoms with Gasteiger partial charge in [-0.05, 0) is 35.9 Å². The molecule has 4 aromatic rings. The summed E-state index contributed by atoms with van der Waals surface area (Å²) in [6.45, 7) is 0.722. The van der Waals surface area contributed by atoms with E-state index in [9.17, 15) is 9.90 Å². The van der Waals surface area contributed by atoms with Gasteiger partial charge in [-0.3, -0.25) is 4.79 Å². The number of nitrogens with zero attached hydrogens (tertiary/aromatic N) is 3. The Morgan fingerprint density at radius 3 is 2.45 bits per heavy atom. The van der Waals surface area contributed by atoms with Gasteiger partial charge in [-0.25, -0.2) is 0 Å². The van der Waals surface area contributed by atoms with E-state index < -0.39 is 0 Å². The second-order valence-electron chi connectivity index (χ2n) is 6.90. The zero-order valence-corrected chi connectivity index (χ0v) is 17.4. The van der Waals surface area contributed by atoms with Crippen LogP contribution in [0.4, 0.5) is 5.69 Å². The van der Waals surface area contributed by atoms with Gasteiger partial charge in [-0.2, -0.15) is 0 Å². The van der Waals surface area contributed by atoms with Crippen molar-refractivity contribution in [2.24, 2.45) is 10.2 Å². The van der Waals surface area contributed by atoms with Crippen LogP contribution in [0.1, 0.15) is 5.56 Å². The lowest BCUT2D eigenvalue weighted by molar-refractivity contribution is -0.117. The first kappa shape index (κ1) is 20.6. The number of azo groups is 1. The quantitative estimate of drug-likeness (QED) is 0.367. The minimum Gasteiger partial charge on any atom is -0.493 e. The second kappa shape index (κ2) is 9.45. The number of fused-ring (bicyclic) bond motifs is 1. The van der Waals surface area contributed by atoms with Crippen LogP contribution in [0, 0.1) is 0 Å². The number of ether oxygens (including phenoxy) is 1. The molecule has 0 unspecified atom stereocenters. The van der Waals surface area contributed by atoms with Crippen molar-refractivity contribution < 1.29 is 14.6 Å². The fourth-order valence-electron chi connectivity index (χ4n) is 3.29. The summed E-state index contributed by atoms with van der Waals surface area (Å²) in [5.74, 6) is 0.248. The summed E-state index contributed by atoms with van der Waals surface area (Å²) in [4.78, 5) is 12.2. The minimum atomic E-state index is -0.381. The van der Waals surface area contributed by atoms with Crippen LogP contribution >= 0.6 is 11.6 Å². The lowest BCUT2D eigenvalue weighted by Gasteiger charge is -2.09. The van der Waals surface area contributed by atoms with Crippen molar-refractivity contribution >= 4 is 34.1 Å². The third kappa shape index (κ3) is 4.92. The molecule has 0 fully saturated rings. The number of aromatic hydroxyl groups is 1. The Labute approximate surface area is 184 Å². The number of halogens is 1.